The SMILES string of the molecule is Cc1nccc(CN2C[C@@H](O)[C@H](NC(=O)c3cnccn3)C2)n1. The first-order chi connectivity index (χ1) is 11.1. The second-order valence-corrected chi connectivity index (χ2v) is 5.53. The molecular weight excluding hydrogens is 296 g/mol. The second kappa shape index (κ2) is 6.76. The van der Waals surface area contributed by atoms with Crippen LogP contribution in [-0.2, 0) is 6.54 Å². The number of aromatic nitrogens is 4. The Morgan fingerprint density at radius 2 is 2.22 bits per heavy atom. The van der Waals surface area contributed by atoms with Crippen molar-refractivity contribution >= 4 is 5.91 Å². The summed E-state index contributed by atoms with van der Waals surface area (Å²) in [6.07, 6.45) is 5.46. The molecule has 0 unspecified atom stereocenters. The molecule has 2 atom stereocenters. The van der Waals surface area contributed by atoms with Crippen molar-refractivity contribution in [2.75, 3.05) is 13.1 Å². The highest BCUT2D eigenvalue weighted by atomic mass is 16.3. The van der Waals surface area contributed by atoms with Gasteiger partial charge in [-0.25, -0.2) is 15.0 Å². The number of carbonyl (C=O) groups is 1. The Labute approximate surface area is 133 Å². The van der Waals surface area contributed by atoms with Crippen LogP contribution in [0.1, 0.15) is 22.0 Å². The molecule has 0 aromatic carbocycles. The molecule has 0 aliphatic carbocycles. The zero-order chi connectivity index (χ0) is 16.2. The molecule has 0 bridgehead atoms. The summed E-state index contributed by atoms with van der Waals surface area (Å²) in [6.45, 7) is 3.48. The van der Waals surface area contributed by atoms with Crippen molar-refractivity contribution < 1.29 is 9.90 Å². The topological polar surface area (TPSA) is 104 Å². The quantitative estimate of drug-likeness (QED) is 0.787. The van der Waals surface area contributed by atoms with Gasteiger partial charge in [-0.3, -0.25) is 14.7 Å². The molecule has 3 rings (SSSR count). The summed E-state index contributed by atoms with van der Waals surface area (Å²) in [5.41, 5.74) is 1.13. The van der Waals surface area contributed by atoms with Crippen molar-refractivity contribution in [3.63, 3.8) is 0 Å². The van der Waals surface area contributed by atoms with E-state index in [-0.39, 0.29) is 17.6 Å². The molecule has 8 heteroatoms. The molecule has 3 heterocycles. The van der Waals surface area contributed by atoms with Crippen molar-refractivity contribution in [2.24, 2.45) is 0 Å². The minimum Gasteiger partial charge on any atom is -0.390 e. The number of β-amino-alcohol motifs (C(OH)–C–C–N with tert-alkyl or cyclic N) is 1. The van der Waals surface area contributed by atoms with Gasteiger partial charge >= 0.3 is 0 Å². The van der Waals surface area contributed by atoms with Crippen LogP contribution < -0.4 is 5.32 Å². The van der Waals surface area contributed by atoms with Crippen LogP contribution in [0.3, 0.4) is 0 Å². The van der Waals surface area contributed by atoms with Crippen LogP contribution in [0.5, 0.6) is 0 Å². The van der Waals surface area contributed by atoms with Crippen molar-refractivity contribution in [2.45, 2.75) is 25.6 Å². The number of aliphatic hydroxyl groups excluding tert-OH is 1. The fraction of sp³-hybridized carbons (Fsp3) is 0.400. The molecule has 2 aromatic rings. The zero-order valence-corrected chi connectivity index (χ0v) is 12.8. The third kappa shape index (κ3) is 3.85. The average molecular weight is 314 g/mol. The van der Waals surface area contributed by atoms with Gasteiger partial charge in [0, 0.05) is 38.2 Å². The average Bonchev–Trinajstić information content (AvgIpc) is 2.87. The lowest BCUT2D eigenvalue weighted by Crippen LogP contribution is -2.43. The molecule has 0 radical (unpaired) electrons. The number of nitrogens with zero attached hydrogens (tertiary/aromatic N) is 5. The van der Waals surface area contributed by atoms with E-state index in [4.69, 9.17) is 0 Å². The molecule has 120 valence electrons. The monoisotopic (exact) mass is 314 g/mol. The highest BCUT2D eigenvalue weighted by Crippen LogP contribution is 2.13. The minimum atomic E-state index is -0.626. The lowest BCUT2D eigenvalue weighted by atomic mass is 10.2. The summed E-state index contributed by atoms with van der Waals surface area (Å²) in [6, 6.07) is 1.51. The van der Waals surface area contributed by atoms with Crippen LogP contribution >= 0.6 is 0 Å². The molecule has 0 saturated carbocycles. The molecule has 2 N–H and O–H groups in total. The smallest absolute Gasteiger partial charge is 0.271 e. The van der Waals surface area contributed by atoms with Crippen LogP contribution in [0.2, 0.25) is 0 Å². The Morgan fingerprint density at radius 3 is 2.96 bits per heavy atom. The maximum atomic E-state index is 12.1. The summed E-state index contributed by atoms with van der Waals surface area (Å²) in [7, 11) is 0. The van der Waals surface area contributed by atoms with Gasteiger partial charge < -0.3 is 10.4 Å². The number of aliphatic hydroxyl groups is 1. The van der Waals surface area contributed by atoms with E-state index < -0.39 is 6.10 Å². The Balaban J connectivity index is 1.59. The first-order valence-electron chi connectivity index (χ1n) is 7.37. The zero-order valence-electron chi connectivity index (χ0n) is 12.8. The van der Waals surface area contributed by atoms with Gasteiger partial charge in [0.1, 0.15) is 11.5 Å². The molecule has 1 aliphatic rings. The molecule has 8 nitrogen and oxygen atoms in total. The van der Waals surface area contributed by atoms with E-state index >= 15 is 0 Å². The first-order valence-corrected chi connectivity index (χ1v) is 7.37. The first kappa shape index (κ1) is 15.4. The van der Waals surface area contributed by atoms with Crippen LogP contribution in [0.4, 0.5) is 0 Å². The molecule has 1 fully saturated rings. The van der Waals surface area contributed by atoms with Gasteiger partial charge in [0.2, 0.25) is 0 Å². The number of rotatable bonds is 4. The van der Waals surface area contributed by atoms with E-state index in [1.165, 1.54) is 18.6 Å². The Kier molecular flexibility index (Phi) is 4.54. The minimum absolute atomic E-state index is 0.240. The molecule has 1 amide bonds. The van der Waals surface area contributed by atoms with Gasteiger partial charge in [0.25, 0.3) is 5.91 Å². The molecule has 1 saturated heterocycles. The van der Waals surface area contributed by atoms with Crippen LogP contribution in [0.15, 0.2) is 30.9 Å². The van der Waals surface area contributed by atoms with E-state index in [1.807, 2.05) is 17.9 Å². The number of nitrogens with one attached hydrogen (secondary N) is 1. The maximum absolute atomic E-state index is 12.1. The van der Waals surface area contributed by atoms with Crippen molar-refractivity contribution in [3.05, 3.63) is 48.1 Å². The van der Waals surface area contributed by atoms with Gasteiger partial charge in [-0.05, 0) is 13.0 Å². The highest BCUT2D eigenvalue weighted by molar-refractivity contribution is 5.92. The fourth-order valence-electron chi connectivity index (χ4n) is 2.62. The Morgan fingerprint density at radius 1 is 1.35 bits per heavy atom. The Hall–Kier alpha value is -2.45. The predicted octanol–water partition coefficient (Wildman–Crippen LogP) is -0.450. The molecule has 0 spiro atoms. The van der Waals surface area contributed by atoms with E-state index in [0.717, 1.165) is 11.5 Å². The lowest BCUT2D eigenvalue weighted by molar-refractivity contribution is 0.0883. The van der Waals surface area contributed by atoms with Crippen molar-refractivity contribution in [3.8, 4) is 0 Å². The van der Waals surface area contributed by atoms with Gasteiger partial charge in [-0.2, -0.15) is 0 Å². The van der Waals surface area contributed by atoms with Crippen LogP contribution in [0, 0.1) is 6.92 Å². The molecule has 2 aromatic heterocycles. The number of aryl methyl sites for hydroxylation is 1. The summed E-state index contributed by atoms with van der Waals surface area (Å²) in [5.74, 6) is 0.386. The van der Waals surface area contributed by atoms with Gasteiger partial charge in [-0.15, -0.1) is 0 Å². The normalized spacial score (nSPS) is 21.3. The third-order valence-corrected chi connectivity index (χ3v) is 3.70. The van der Waals surface area contributed by atoms with Gasteiger partial charge in [-0.1, -0.05) is 0 Å². The molecule has 23 heavy (non-hydrogen) atoms. The van der Waals surface area contributed by atoms with Crippen LogP contribution in [0.25, 0.3) is 0 Å². The van der Waals surface area contributed by atoms with E-state index in [1.54, 1.807) is 6.20 Å². The maximum Gasteiger partial charge on any atom is 0.271 e. The lowest BCUT2D eigenvalue weighted by Gasteiger charge is -2.16. The number of amides is 1. The second-order valence-electron chi connectivity index (χ2n) is 5.53. The number of hydrogen-bond donors (Lipinski definition) is 2. The predicted molar refractivity (Wildman–Crippen MR) is 81.3 cm³/mol. The standard InChI is InChI=1S/C15H18N6O2/c1-10-17-3-2-11(19-10)7-21-8-13(14(22)9-21)20-15(23)12-6-16-4-5-18-12/h2-6,13-14,22H,7-9H2,1H3,(H,20,23)/t13-,14-/m1/s1. The number of likely N-dealkylation sites (tertiary alicyclic amines) is 1. The molecule has 1 aliphatic heterocycles. The van der Waals surface area contributed by atoms with Crippen molar-refractivity contribution in [1.29, 1.82) is 0 Å². The van der Waals surface area contributed by atoms with E-state index in [2.05, 4.69) is 25.3 Å². The fourth-order valence-corrected chi connectivity index (χ4v) is 2.62. The summed E-state index contributed by atoms with van der Waals surface area (Å²) in [4.78, 5) is 30.4. The van der Waals surface area contributed by atoms with Crippen LogP contribution in [-0.4, -0.2) is 61.1 Å². The molecular formula is C15H18N6O2. The van der Waals surface area contributed by atoms with Crippen molar-refractivity contribution in [1.82, 2.24) is 30.2 Å². The van der Waals surface area contributed by atoms with E-state index in [0.29, 0.717) is 19.6 Å². The van der Waals surface area contributed by atoms with Gasteiger partial charge in [0.05, 0.1) is 24.0 Å². The van der Waals surface area contributed by atoms with Gasteiger partial charge in [0.15, 0.2) is 0 Å². The summed E-state index contributed by atoms with van der Waals surface area (Å²) >= 11 is 0. The van der Waals surface area contributed by atoms with E-state index in [9.17, 15) is 9.90 Å². The summed E-state index contributed by atoms with van der Waals surface area (Å²) in [5, 5.41) is 13.0. The number of carbonyl (C=O) groups excluding carboxylic acids is 1. The summed E-state index contributed by atoms with van der Waals surface area (Å²) < 4.78 is 0. The third-order valence-electron chi connectivity index (χ3n) is 3.70. The highest BCUT2D eigenvalue weighted by Gasteiger charge is 2.32. The Bertz CT molecular complexity index is 681. The number of hydrogen-bond acceptors (Lipinski definition) is 7. The largest absolute Gasteiger partial charge is 0.390 e.